The summed E-state index contributed by atoms with van der Waals surface area (Å²) in [6, 6.07) is 14.7. The number of hydrogen-bond donors (Lipinski definition) is 2. The number of amides is 1. The van der Waals surface area contributed by atoms with E-state index in [1.807, 2.05) is 43.5 Å². The van der Waals surface area contributed by atoms with Crippen LogP contribution in [0.5, 0.6) is 0 Å². The zero-order valence-corrected chi connectivity index (χ0v) is 21.0. The lowest BCUT2D eigenvalue weighted by Gasteiger charge is -2.32. The standard InChI is InChI=1S/C23H32N7O3S/c1-16(23(32-4)34-5)14-20(31)27-19-13-9-12-18(26-19)15-33-28-21(17-10-7-6-8-11-17)22(25-2)30(3)29-24/h6-13,16,22-23,25H,14-15H2,1-5H3,(H,26,27,31)/q-1/b28-21-. The van der Waals surface area contributed by atoms with Gasteiger partial charge in [-0.3, -0.25) is 10.0 Å². The summed E-state index contributed by atoms with van der Waals surface area (Å²) < 4.78 is 5.38. The molecule has 10 nitrogen and oxygen atoms in total. The molecule has 11 heteroatoms. The molecule has 3 unspecified atom stereocenters. The second kappa shape index (κ2) is 14.3. The van der Waals surface area contributed by atoms with Crippen molar-refractivity contribution < 1.29 is 14.4 Å². The molecule has 0 fully saturated rings. The van der Waals surface area contributed by atoms with Crippen LogP contribution in [0, 0.1) is 5.92 Å². The van der Waals surface area contributed by atoms with E-state index in [-0.39, 0.29) is 23.9 Å². The quantitative estimate of drug-likeness (QED) is 0.181. The summed E-state index contributed by atoms with van der Waals surface area (Å²) in [5.74, 6) is 0.364. The molecule has 2 aromatic rings. The minimum atomic E-state index is -0.523. The molecule has 1 amide bonds. The van der Waals surface area contributed by atoms with Crippen LogP contribution in [0.1, 0.15) is 24.6 Å². The van der Waals surface area contributed by atoms with Crippen molar-refractivity contribution in [2.45, 2.75) is 31.6 Å². The Bertz CT molecular complexity index is 941. The Balaban J connectivity index is 2.08. The number of aromatic nitrogens is 1. The molecular formula is C23H32N7O3S-. The zero-order chi connectivity index (χ0) is 24.9. The van der Waals surface area contributed by atoms with E-state index in [0.29, 0.717) is 23.6 Å². The Morgan fingerprint density at radius 2 is 1.97 bits per heavy atom. The van der Waals surface area contributed by atoms with E-state index in [1.165, 1.54) is 5.01 Å². The van der Waals surface area contributed by atoms with E-state index in [0.717, 1.165) is 5.56 Å². The predicted molar refractivity (Wildman–Crippen MR) is 135 cm³/mol. The van der Waals surface area contributed by atoms with Gasteiger partial charge in [0.05, 0.1) is 11.9 Å². The number of thioether (sulfide) groups is 1. The van der Waals surface area contributed by atoms with Crippen LogP contribution in [-0.4, -0.2) is 60.7 Å². The van der Waals surface area contributed by atoms with Crippen LogP contribution in [0.4, 0.5) is 5.82 Å². The van der Waals surface area contributed by atoms with Crippen LogP contribution in [0.15, 0.2) is 58.9 Å². The second-order valence-electron chi connectivity index (χ2n) is 7.55. The van der Waals surface area contributed by atoms with Crippen molar-refractivity contribution >= 4 is 29.2 Å². The largest absolute Gasteiger partial charge is 0.389 e. The second-order valence-corrected chi connectivity index (χ2v) is 8.49. The van der Waals surface area contributed by atoms with Crippen LogP contribution in [0.25, 0.3) is 5.53 Å². The number of methoxy groups -OCH3 is 1. The fourth-order valence-corrected chi connectivity index (χ4v) is 4.12. The average Bonchev–Trinajstić information content (AvgIpc) is 2.84. The normalized spacial score (nSPS) is 14.1. The maximum absolute atomic E-state index is 12.4. The van der Waals surface area contributed by atoms with Crippen molar-refractivity contribution in [2.24, 2.45) is 16.3 Å². The molecule has 0 aliphatic rings. The highest BCUT2D eigenvalue weighted by molar-refractivity contribution is 7.99. The Kier molecular flexibility index (Phi) is 11.4. The molecular weight excluding hydrogens is 454 g/mol. The lowest BCUT2D eigenvalue weighted by Crippen LogP contribution is -2.45. The van der Waals surface area contributed by atoms with E-state index in [2.05, 4.69) is 26.0 Å². The molecule has 184 valence electrons. The number of ether oxygens (including phenoxy) is 1. The number of anilines is 1. The van der Waals surface area contributed by atoms with Gasteiger partial charge in [0, 0.05) is 25.0 Å². The number of pyridine rings is 1. The molecule has 1 aromatic carbocycles. The number of benzene rings is 1. The van der Waals surface area contributed by atoms with E-state index in [4.69, 9.17) is 9.57 Å². The third-order valence-corrected chi connectivity index (χ3v) is 6.12. The number of likely N-dealkylation sites (N-methyl/N-ethyl adjacent to an activating group) is 2. The predicted octanol–water partition coefficient (Wildman–Crippen LogP) is 3.72. The first-order valence-corrected chi connectivity index (χ1v) is 12.0. The van der Waals surface area contributed by atoms with E-state index in [9.17, 15) is 10.3 Å². The van der Waals surface area contributed by atoms with Gasteiger partial charge in [-0.2, -0.15) is 0 Å². The van der Waals surface area contributed by atoms with Gasteiger partial charge >= 0.3 is 0 Å². The Labute approximate surface area is 205 Å². The van der Waals surface area contributed by atoms with Crippen molar-refractivity contribution in [3.8, 4) is 0 Å². The van der Waals surface area contributed by atoms with Crippen LogP contribution >= 0.6 is 11.8 Å². The van der Waals surface area contributed by atoms with Gasteiger partial charge in [0.15, 0.2) is 6.61 Å². The van der Waals surface area contributed by atoms with E-state index >= 15 is 0 Å². The molecule has 0 radical (unpaired) electrons. The average molecular weight is 487 g/mol. The molecule has 0 aliphatic carbocycles. The van der Waals surface area contributed by atoms with Gasteiger partial charge in [-0.1, -0.05) is 48.5 Å². The SMILES string of the molecule is CNC(/C(=N\OCc1cccc(NC(=O)CC(C)C(OC)SC)n1)c1ccccc1)N(C)N=[N-]. The maximum atomic E-state index is 12.4. The van der Waals surface area contributed by atoms with Gasteiger partial charge in [0.25, 0.3) is 0 Å². The van der Waals surface area contributed by atoms with E-state index in [1.54, 1.807) is 51.2 Å². The smallest absolute Gasteiger partial charge is 0.225 e. The summed E-state index contributed by atoms with van der Waals surface area (Å²) in [6.07, 6.45) is 1.75. The molecule has 2 N–H and O–H groups in total. The summed E-state index contributed by atoms with van der Waals surface area (Å²) in [6.45, 7) is 2.06. The van der Waals surface area contributed by atoms with Gasteiger partial charge in [-0.25, -0.2) is 4.98 Å². The highest BCUT2D eigenvalue weighted by Gasteiger charge is 2.19. The van der Waals surface area contributed by atoms with Crippen LogP contribution in [-0.2, 0) is 21.0 Å². The van der Waals surface area contributed by atoms with E-state index < -0.39 is 6.17 Å². The molecule has 0 aliphatic heterocycles. The zero-order valence-electron chi connectivity index (χ0n) is 20.1. The lowest BCUT2D eigenvalue weighted by molar-refractivity contribution is -0.117. The lowest BCUT2D eigenvalue weighted by atomic mass is 10.1. The first-order chi connectivity index (χ1) is 16.4. The summed E-state index contributed by atoms with van der Waals surface area (Å²) in [5, 5.41) is 14.7. The first kappa shape index (κ1) is 27.2. The monoisotopic (exact) mass is 486 g/mol. The fourth-order valence-electron chi connectivity index (χ4n) is 3.36. The molecule has 1 aromatic heterocycles. The van der Waals surface area contributed by atoms with Gasteiger partial charge in [0.2, 0.25) is 5.91 Å². The highest BCUT2D eigenvalue weighted by atomic mass is 32.2. The van der Waals surface area contributed by atoms with Gasteiger partial charge < -0.3 is 30.7 Å². The molecule has 1 heterocycles. The molecule has 3 atom stereocenters. The van der Waals surface area contributed by atoms with Crippen molar-refractivity contribution in [3.05, 3.63) is 65.3 Å². The van der Waals surface area contributed by atoms with Crippen LogP contribution in [0.3, 0.4) is 0 Å². The number of carbonyl (C=O) groups excluding carboxylic acids is 1. The van der Waals surface area contributed by atoms with Crippen molar-refractivity contribution in [1.82, 2.24) is 15.3 Å². The summed E-state index contributed by atoms with van der Waals surface area (Å²) in [4.78, 5) is 22.5. The van der Waals surface area contributed by atoms with Crippen LogP contribution < -0.4 is 10.6 Å². The van der Waals surface area contributed by atoms with Crippen molar-refractivity contribution in [3.63, 3.8) is 0 Å². The number of nitrogens with one attached hydrogen (secondary N) is 2. The minimum Gasteiger partial charge on any atom is -0.389 e. The Morgan fingerprint density at radius 3 is 2.59 bits per heavy atom. The summed E-state index contributed by atoms with van der Waals surface area (Å²) in [5.41, 5.74) is 11.1. The highest BCUT2D eigenvalue weighted by Crippen LogP contribution is 2.21. The number of rotatable bonds is 14. The third-order valence-electron chi connectivity index (χ3n) is 5.00. The van der Waals surface area contributed by atoms with Gasteiger partial charge in [-0.05, 0) is 32.5 Å². The molecule has 34 heavy (non-hydrogen) atoms. The van der Waals surface area contributed by atoms with Crippen molar-refractivity contribution in [2.75, 3.05) is 32.8 Å². The number of hydrogen-bond acceptors (Lipinski definition) is 8. The first-order valence-electron chi connectivity index (χ1n) is 10.7. The molecule has 2 rings (SSSR count). The molecule has 0 spiro atoms. The maximum Gasteiger partial charge on any atom is 0.225 e. The topological polar surface area (TPSA) is 123 Å². The minimum absolute atomic E-state index is 0.0470. The van der Waals surface area contributed by atoms with Crippen molar-refractivity contribution in [1.29, 1.82) is 0 Å². The fraction of sp³-hybridized carbons (Fsp3) is 0.435. The summed E-state index contributed by atoms with van der Waals surface area (Å²) in [7, 11) is 4.98. The summed E-state index contributed by atoms with van der Waals surface area (Å²) >= 11 is 1.57. The molecule has 0 bridgehead atoms. The number of oxime groups is 1. The van der Waals surface area contributed by atoms with Gasteiger partial charge in [0.1, 0.15) is 17.0 Å². The number of carbonyl (C=O) groups is 1. The third kappa shape index (κ3) is 8.08. The molecule has 0 saturated heterocycles. The van der Waals surface area contributed by atoms with Crippen LogP contribution in [0.2, 0.25) is 0 Å². The Hall–Kier alpha value is -3.02. The Morgan fingerprint density at radius 1 is 1.24 bits per heavy atom. The molecule has 0 saturated carbocycles. The van der Waals surface area contributed by atoms with Gasteiger partial charge in [-0.15, -0.1) is 11.8 Å². The number of nitrogens with zero attached hydrogens (tertiary/aromatic N) is 5.